The summed E-state index contributed by atoms with van der Waals surface area (Å²) in [6.07, 6.45) is 4.68. The van der Waals surface area contributed by atoms with Crippen LogP contribution in [0.25, 0.3) is 0 Å². The fourth-order valence-corrected chi connectivity index (χ4v) is 3.87. The first-order valence-electron chi connectivity index (χ1n) is 5.77. The van der Waals surface area contributed by atoms with Crippen LogP contribution in [-0.2, 0) is 9.53 Å². The predicted molar refractivity (Wildman–Crippen MR) is 58.2 cm³/mol. The quantitative estimate of drug-likeness (QED) is 0.720. The van der Waals surface area contributed by atoms with Crippen LogP contribution in [0.15, 0.2) is 0 Å². The molecule has 2 bridgehead atoms. The first-order valence-corrected chi connectivity index (χ1v) is 5.77. The van der Waals surface area contributed by atoms with Crippen molar-refractivity contribution in [3.63, 3.8) is 0 Å². The van der Waals surface area contributed by atoms with Crippen molar-refractivity contribution < 1.29 is 9.53 Å². The molecule has 3 aliphatic carbocycles. The molecule has 3 nitrogen and oxygen atoms in total. The molecule has 3 rings (SSSR count). The molecule has 0 spiro atoms. The summed E-state index contributed by atoms with van der Waals surface area (Å²) in [5.74, 6) is 0.505. The third kappa shape index (κ3) is 1.48. The van der Waals surface area contributed by atoms with Crippen LogP contribution in [-0.4, -0.2) is 19.1 Å². The second-order valence-corrected chi connectivity index (χ2v) is 5.99. The Bertz CT molecular complexity index is 266. The van der Waals surface area contributed by atoms with Gasteiger partial charge >= 0.3 is 5.97 Å². The summed E-state index contributed by atoms with van der Waals surface area (Å²) < 4.78 is 4.71. The van der Waals surface area contributed by atoms with Gasteiger partial charge < -0.3 is 10.5 Å². The van der Waals surface area contributed by atoms with Gasteiger partial charge in [-0.2, -0.15) is 0 Å². The molecule has 0 aromatic carbocycles. The van der Waals surface area contributed by atoms with Crippen molar-refractivity contribution >= 4 is 5.97 Å². The van der Waals surface area contributed by atoms with Crippen molar-refractivity contribution in [1.29, 1.82) is 0 Å². The van der Waals surface area contributed by atoms with Crippen LogP contribution in [0.4, 0.5) is 0 Å². The van der Waals surface area contributed by atoms with E-state index in [4.69, 9.17) is 10.5 Å². The molecule has 3 fully saturated rings. The Balaban J connectivity index is 1.89. The predicted octanol–water partition coefficient (Wildman–Crippen LogP) is 1.70. The zero-order valence-electron chi connectivity index (χ0n) is 9.88. The molecule has 1 atom stereocenters. The molecule has 3 saturated carbocycles. The lowest BCUT2D eigenvalue weighted by atomic mass is 9.32. The summed E-state index contributed by atoms with van der Waals surface area (Å²) in [7, 11) is 1.41. The largest absolute Gasteiger partial charge is 0.468 e. The minimum Gasteiger partial charge on any atom is -0.468 e. The molecule has 86 valence electrons. The molecular formula is C12H21NO2. The first kappa shape index (κ1) is 10.9. The number of hydrogen-bond acceptors (Lipinski definition) is 3. The maximum absolute atomic E-state index is 11.4. The molecule has 15 heavy (non-hydrogen) atoms. The van der Waals surface area contributed by atoms with E-state index in [-0.39, 0.29) is 11.4 Å². The first-order chi connectivity index (χ1) is 6.93. The summed E-state index contributed by atoms with van der Waals surface area (Å²) in [5, 5.41) is 0. The normalized spacial score (nSPS) is 39.3. The number of rotatable bonds is 4. The van der Waals surface area contributed by atoms with Crippen molar-refractivity contribution in [2.75, 3.05) is 7.11 Å². The maximum atomic E-state index is 11.4. The molecule has 0 aliphatic heterocycles. The Labute approximate surface area is 91.4 Å². The fourth-order valence-electron chi connectivity index (χ4n) is 3.87. The van der Waals surface area contributed by atoms with E-state index in [0.717, 1.165) is 25.2 Å². The number of carbonyl (C=O) groups is 1. The van der Waals surface area contributed by atoms with Crippen LogP contribution in [0, 0.1) is 16.7 Å². The number of carbonyl (C=O) groups excluding carboxylic acids is 1. The average Bonchev–Trinajstić information content (AvgIpc) is 2.05. The van der Waals surface area contributed by atoms with Gasteiger partial charge in [-0.15, -0.1) is 0 Å². The Kier molecular flexibility index (Phi) is 2.34. The van der Waals surface area contributed by atoms with Crippen molar-refractivity contribution in [2.45, 2.75) is 45.6 Å². The zero-order chi connectivity index (χ0) is 11.3. The lowest BCUT2D eigenvalue weighted by Crippen LogP contribution is -2.70. The van der Waals surface area contributed by atoms with Crippen molar-refractivity contribution in [2.24, 2.45) is 22.5 Å². The van der Waals surface area contributed by atoms with Gasteiger partial charge in [0.15, 0.2) is 0 Å². The van der Waals surface area contributed by atoms with Crippen molar-refractivity contribution in [3.05, 3.63) is 0 Å². The molecule has 1 unspecified atom stereocenters. The Morgan fingerprint density at radius 2 is 1.93 bits per heavy atom. The number of esters is 1. The van der Waals surface area contributed by atoms with Crippen molar-refractivity contribution in [3.8, 4) is 0 Å². The van der Waals surface area contributed by atoms with Crippen LogP contribution in [0.1, 0.15) is 39.5 Å². The van der Waals surface area contributed by atoms with Gasteiger partial charge in [-0.05, 0) is 42.4 Å². The molecule has 0 heterocycles. The van der Waals surface area contributed by atoms with E-state index in [1.165, 1.54) is 13.5 Å². The van der Waals surface area contributed by atoms with Crippen molar-refractivity contribution in [1.82, 2.24) is 0 Å². The fraction of sp³-hybridized carbons (Fsp3) is 0.917. The molecule has 0 amide bonds. The van der Waals surface area contributed by atoms with E-state index >= 15 is 0 Å². The van der Waals surface area contributed by atoms with Crippen LogP contribution in [0.5, 0.6) is 0 Å². The summed E-state index contributed by atoms with van der Waals surface area (Å²) in [6, 6.07) is -0.392. The van der Waals surface area contributed by atoms with Gasteiger partial charge in [-0.1, -0.05) is 13.8 Å². The van der Waals surface area contributed by atoms with Crippen LogP contribution in [0.3, 0.4) is 0 Å². The monoisotopic (exact) mass is 211 g/mol. The highest BCUT2D eigenvalue weighted by Gasteiger charge is 2.70. The second-order valence-electron chi connectivity index (χ2n) is 5.99. The maximum Gasteiger partial charge on any atom is 0.323 e. The molecule has 3 heteroatoms. The average molecular weight is 211 g/mol. The van der Waals surface area contributed by atoms with Gasteiger partial charge in [0.2, 0.25) is 0 Å². The highest BCUT2D eigenvalue weighted by Crippen LogP contribution is 2.76. The standard InChI is InChI=1S/C12H21NO2/c1-8(2)4-11-5-12(6-11,7-11)9(13)10(14)15-3/h8-9H,4-7,13H2,1-3H3. The van der Waals surface area contributed by atoms with Gasteiger partial charge in [0, 0.05) is 0 Å². The van der Waals surface area contributed by atoms with Gasteiger partial charge in [-0.25, -0.2) is 0 Å². The van der Waals surface area contributed by atoms with Gasteiger partial charge in [-0.3, -0.25) is 4.79 Å². The van der Waals surface area contributed by atoms with E-state index in [2.05, 4.69) is 13.8 Å². The van der Waals surface area contributed by atoms with Gasteiger partial charge in [0.05, 0.1) is 7.11 Å². The van der Waals surface area contributed by atoms with Crippen LogP contribution >= 0.6 is 0 Å². The molecule has 2 N–H and O–H groups in total. The smallest absolute Gasteiger partial charge is 0.323 e. The van der Waals surface area contributed by atoms with E-state index in [9.17, 15) is 4.79 Å². The lowest BCUT2D eigenvalue weighted by Gasteiger charge is -2.73. The number of ether oxygens (including phenoxy) is 1. The van der Waals surface area contributed by atoms with E-state index < -0.39 is 6.04 Å². The second kappa shape index (κ2) is 3.21. The highest BCUT2D eigenvalue weighted by atomic mass is 16.5. The molecule has 0 aromatic heterocycles. The molecule has 0 radical (unpaired) electrons. The molecule has 0 aromatic rings. The van der Waals surface area contributed by atoms with Crippen LogP contribution in [0.2, 0.25) is 0 Å². The number of hydrogen-bond donors (Lipinski definition) is 1. The Hall–Kier alpha value is -0.570. The summed E-state index contributed by atoms with van der Waals surface area (Å²) in [4.78, 5) is 11.4. The van der Waals surface area contributed by atoms with Gasteiger partial charge in [0.1, 0.15) is 6.04 Å². The highest BCUT2D eigenvalue weighted by molar-refractivity contribution is 5.77. The topological polar surface area (TPSA) is 52.3 Å². The van der Waals surface area contributed by atoms with E-state index in [0.29, 0.717) is 5.41 Å². The summed E-state index contributed by atoms with van der Waals surface area (Å²) in [5.41, 5.74) is 6.55. The minimum absolute atomic E-state index is 0.0992. The lowest BCUT2D eigenvalue weighted by molar-refractivity contribution is -0.228. The third-order valence-corrected chi connectivity index (χ3v) is 4.14. The SMILES string of the molecule is COC(=O)C(N)C12CC(CC(C)C)(C1)C2. The van der Waals surface area contributed by atoms with E-state index in [1.54, 1.807) is 0 Å². The minimum atomic E-state index is -0.392. The zero-order valence-corrected chi connectivity index (χ0v) is 9.88. The Morgan fingerprint density at radius 1 is 1.40 bits per heavy atom. The Morgan fingerprint density at radius 3 is 2.33 bits per heavy atom. The third-order valence-electron chi connectivity index (χ3n) is 4.14. The molecule has 3 aliphatic rings. The van der Waals surface area contributed by atoms with Crippen LogP contribution < -0.4 is 5.73 Å². The number of nitrogens with two attached hydrogens (primary N) is 1. The van der Waals surface area contributed by atoms with E-state index in [1.807, 2.05) is 0 Å². The number of methoxy groups -OCH3 is 1. The summed E-state index contributed by atoms with van der Waals surface area (Å²) in [6.45, 7) is 4.51. The van der Waals surface area contributed by atoms with Gasteiger partial charge in [0.25, 0.3) is 0 Å². The molecular weight excluding hydrogens is 190 g/mol. The molecule has 0 saturated heterocycles. The summed E-state index contributed by atoms with van der Waals surface area (Å²) >= 11 is 0.